The monoisotopic (exact) mass is 227 g/mol. The van der Waals surface area contributed by atoms with Crippen LogP contribution in [0.1, 0.15) is 32.6 Å². The Bertz CT molecular complexity index is 260. The Morgan fingerprint density at radius 1 is 1.31 bits per heavy atom. The second kappa shape index (κ2) is 5.84. The van der Waals surface area contributed by atoms with Crippen LogP contribution in [0.5, 0.6) is 0 Å². The van der Waals surface area contributed by atoms with Gasteiger partial charge in [-0.2, -0.15) is 0 Å². The smallest absolute Gasteiger partial charge is 0.318 e. The highest BCUT2D eigenvalue weighted by atomic mass is 16.2. The summed E-state index contributed by atoms with van der Waals surface area (Å²) in [6, 6.07) is -0.328. The Kier molecular flexibility index (Phi) is 4.73. The van der Waals surface area contributed by atoms with E-state index in [0.717, 1.165) is 18.8 Å². The minimum Gasteiger partial charge on any atom is -0.351 e. The van der Waals surface area contributed by atoms with E-state index in [0.29, 0.717) is 6.04 Å². The Hall–Kier alpha value is -1.10. The van der Waals surface area contributed by atoms with E-state index >= 15 is 0 Å². The van der Waals surface area contributed by atoms with Crippen molar-refractivity contribution in [1.29, 1.82) is 0 Å². The van der Waals surface area contributed by atoms with Gasteiger partial charge < -0.3 is 5.73 Å². The van der Waals surface area contributed by atoms with Crippen LogP contribution in [0.15, 0.2) is 0 Å². The third-order valence-corrected chi connectivity index (χ3v) is 3.26. The lowest BCUT2D eigenvalue weighted by atomic mass is 9.87. The van der Waals surface area contributed by atoms with Crippen molar-refractivity contribution in [3.63, 3.8) is 0 Å². The molecule has 0 radical (unpaired) electrons. The number of hydrogen-bond acceptors (Lipinski definition) is 3. The Morgan fingerprint density at radius 3 is 2.38 bits per heavy atom. The van der Waals surface area contributed by atoms with Gasteiger partial charge in [0.2, 0.25) is 5.91 Å². The van der Waals surface area contributed by atoms with E-state index < -0.39 is 6.03 Å². The van der Waals surface area contributed by atoms with E-state index in [-0.39, 0.29) is 12.5 Å². The number of amides is 3. The number of nitrogens with two attached hydrogens (primary N) is 1. The lowest BCUT2D eigenvalue weighted by Gasteiger charge is -2.33. The number of urea groups is 1. The zero-order valence-electron chi connectivity index (χ0n) is 10.0. The molecule has 3 amide bonds. The molecule has 0 aromatic carbocycles. The average molecular weight is 227 g/mol. The van der Waals surface area contributed by atoms with Gasteiger partial charge in [0.1, 0.15) is 0 Å². The molecule has 1 saturated carbocycles. The molecule has 1 fully saturated rings. The SMILES string of the molecule is CC1CCC(N(C)CC(=O)NC(N)=O)CC1. The van der Waals surface area contributed by atoms with Gasteiger partial charge >= 0.3 is 6.03 Å². The number of carbonyl (C=O) groups excluding carboxylic acids is 2. The number of rotatable bonds is 3. The molecule has 0 aliphatic heterocycles. The summed E-state index contributed by atoms with van der Waals surface area (Å²) in [7, 11) is 1.92. The van der Waals surface area contributed by atoms with Crippen LogP contribution >= 0.6 is 0 Å². The van der Waals surface area contributed by atoms with Crippen molar-refractivity contribution in [3.8, 4) is 0 Å². The largest absolute Gasteiger partial charge is 0.351 e. The van der Waals surface area contributed by atoms with Crippen molar-refractivity contribution in [2.75, 3.05) is 13.6 Å². The summed E-state index contributed by atoms with van der Waals surface area (Å²) in [5, 5.41) is 2.08. The first-order chi connectivity index (χ1) is 7.49. The van der Waals surface area contributed by atoms with Gasteiger partial charge in [0.25, 0.3) is 0 Å². The van der Waals surface area contributed by atoms with Gasteiger partial charge in [0.05, 0.1) is 6.54 Å². The van der Waals surface area contributed by atoms with E-state index in [1.54, 1.807) is 0 Å². The number of primary amides is 1. The lowest BCUT2D eigenvalue weighted by molar-refractivity contribution is -0.121. The highest BCUT2D eigenvalue weighted by Gasteiger charge is 2.22. The van der Waals surface area contributed by atoms with Gasteiger partial charge in [-0.15, -0.1) is 0 Å². The van der Waals surface area contributed by atoms with Gasteiger partial charge in [0, 0.05) is 6.04 Å². The van der Waals surface area contributed by atoms with Crippen molar-refractivity contribution in [2.45, 2.75) is 38.6 Å². The third kappa shape index (κ3) is 4.18. The lowest BCUT2D eigenvalue weighted by Crippen LogP contribution is -2.45. The first-order valence-electron chi connectivity index (χ1n) is 5.78. The second-order valence-electron chi connectivity index (χ2n) is 4.74. The topological polar surface area (TPSA) is 75.4 Å². The summed E-state index contributed by atoms with van der Waals surface area (Å²) in [4.78, 5) is 23.8. The zero-order chi connectivity index (χ0) is 12.1. The van der Waals surface area contributed by atoms with E-state index in [1.807, 2.05) is 11.9 Å². The molecule has 0 bridgehead atoms. The van der Waals surface area contributed by atoms with Gasteiger partial charge in [-0.05, 0) is 38.6 Å². The Labute approximate surface area is 96.4 Å². The molecule has 3 N–H and O–H groups in total. The summed E-state index contributed by atoms with van der Waals surface area (Å²) < 4.78 is 0. The number of carbonyl (C=O) groups is 2. The molecular weight excluding hydrogens is 206 g/mol. The molecule has 92 valence electrons. The predicted molar refractivity (Wildman–Crippen MR) is 61.8 cm³/mol. The second-order valence-corrected chi connectivity index (χ2v) is 4.74. The first kappa shape index (κ1) is 13.0. The maximum absolute atomic E-state index is 11.3. The third-order valence-electron chi connectivity index (χ3n) is 3.26. The van der Waals surface area contributed by atoms with Gasteiger partial charge in [0.15, 0.2) is 0 Å². The van der Waals surface area contributed by atoms with Crippen molar-refractivity contribution in [1.82, 2.24) is 10.2 Å². The zero-order valence-corrected chi connectivity index (χ0v) is 10.0. The molecule has 0 aromatic rings. The molecule has 5 heteroatoms. The normalized spacial score (nSPS) is 25.4. The molecule has 0 saturated heterocycles. The number of imide groups is 1. The minimum absolute atomic E-state index is 0.238. The molecule has 1 aliphatic rings. The number of likely N-dealkylation sites (N-methyl/N-ethyl adjacent to an activating group) is 1. The number of nitrogens with one attached hydrogen (secondary N) is 1. The predicted octanol–water partition coefficient (Wildman–Crippen LogP) is 0.692. The average Bonchev–Trinajstić information content (AvgIpc) is 2.16. The van der Waals surface area contributed by atoms with Crippen LogP contribution in [0.2, 0.25) is 0 Å². The molecule has 0 spiro atoms. The van der Waals surface area contributed by atoms with E-state index in [2.05, 4.69) is 12.2 Å². The fraction of sp³-hybridized carbons (Fsp3) is 0.818. The van der Waals surface area contributed by atoms with Crippen molar-refractivity contribution in [2.24, 2.45) is 11.7 Å². The molecule has 0 atom stereocenters. The fourth-order valence-electron chi connectivity index (χ4n) is 2.22. The summed E-state index contributed by atoms with van der Waals surface area (Å²) >= 11 is 0. The van der Waals surface area contributed by atoms with Crippen molar-refractivity contribution < 1.29 is 9.59 Å². The van der Waals surface area contributed by atoms with Crippen LogP contribution in [0.3, 0.4) is 0 Å². The van der Waals surface area contributed by atoms with Crippen molar-refractivity contribution >= 4 is 11.9 Å². The standard InChI is InChI=1S/C11H21N3O2/c1-8-3-5-9(6-4-8)14(2)7-10(15)13-11(12)16/h8-9H,3-7H2,1-2H3,(H3,12,13,15,16). The van der Waals surface area contributed by atoms with Gasteiger partial charge in [-0.1, -0.05) is 6.92 Å². The van der Waals surface area contributed by atoms with E-state index in [9.17, 15) is 9.59 Å². The molecule has 1 aliphatic carbocycles. The summed E-state index contributed by atoms with van der Waals surface area (Å²) in [5.41, 5.74) is 4.88. The first-order valence-corrected chi connectivity index (χ1v) is 5.78. The summed E-state index contributed by atoms with van der Waals surface area (Å²) in [5.74, 6) is 0.470. The molecule has 0 heterocycles. The Morgan fingerprint density at radius 2 is 1.88 bits per heavy atom. The van der Waals surface area contributed by atoms with Crippen LogP contribution in [-0.2, 0) is 4.79 Å². The molecular formula is C11H21N3O2. The van der Waals surface area contributed by atoms with E-state index in [1.165, 1.54) is 12.8 Å². The highest BCUT2D eigenvalue weighted by molar-refractivity contribution is 5.94. The molecule has 0 unspecified atom stereocenters. The fourth-order valence-corrected chi connectivity index (χ4v) is 2.22. The summed E-state index contributed by atoms with van der Waals surface area (Å²) in [6.07, 6.45) is 4.68. The quantitative estimate of drug-likeness (QED) is 0.745. The van der Waals surface area contributed by atoms with Gasteiger partial charge in [-0.3, -0.25) is 15.0 Å². The molecule has 1 rings (SSSR count). The van der Waals surface area contributed by atoms with Crippen LogP contribution in [0, 0.1) is 5.92 Å². The molecule has 0 aromatic heterocycles. The highest BCUT2D eigenvalue weighted by Crippen LogP contribution is 2.26. The van der Waals surface area contributed by atoms with Crippen LogP contribution < -0.4 is 11.1 Å². The number of hydrogen-bond donors (Lipinski definition) is 2. The maximum atomic E-state index is 11.3. The van der Waals surface area contributed by atoms with Gasteiger partial charge in [-0.25, -0.2) is 4.79 Å². The maximum Gasteiger partial charge on any atom is 0.318 e. The number of nitrogens with zero attached hydrogens (tertiary/aromatic N) is 1. The van der Waals surface area contributed by atoms with Crippen LogP contribution in [0.25, 0.3) is 0 Å². The van der Waals surface area contributed by atoms with Crippen molar-refractivity contribution in [3.05, 3.63) is 0 Å². The summed E-state index contributed by atoms with van der Waals surface area (Å²) in [6.45, 7) is 2.50. The minimum atomic E-state index is -0.782. The molecule has 16 heavy (non-hydrogen) atoms. The Balaban J connectivity index is 2.31. The van der Waals surface area contributed by atoms with E-state index in [4.69, 9.17) is 5.73 Å². The van der Waals surface area contributed by atoms with Crippen LogP contribution in [-0.4, -0.2) is 36.5 Å². The van der Waals surface area contributed by atoms with Crippen LogP contribution in [0.4, 0.5) is 4.79 Å². The molecule has 5 nitrogen and oxygen atoms in total.